The minimum atomic E-state index is -0.153. The Kier molecular flexibility index (Phi) is 7.49. The summed E-state index contributed by atoms with van der Waals surface area (Å²) in [5.74, 6) is 0. The van der Waals surface area contributed by atoms with Gasteiger partial charge in [-0.05, 0) is 46.6 Å². The highest BCUT2D eigenvalue weighted by Crippen LogP contribution is 2.22. The molecule has 0 amide bonds. The van der Waals surface area contributed by atoms with E-state index in [0.717, 1.165) is 0 Å². The number of allylic oxidation sites excluding steroid dienone is 1. The molecule has 1 aliphatic rings. The lowest BCUT2D eigenvalue weighted by Gasteiger charge is -2.28. The number of nitrogens with one attached hydrogen (secondary N) is 1. The SMILES string of the molecule is CCOC(OCC)C(NC)C1=CCCCCC1. The van der Waals surface area contributed by atoms with Gasteiger partial charge in [-0.25, -0.2) is 0 Å². The molecule has 3 nitrogen and oxygen atoms in total. The fourth-order valence-corrected chi connectivity index (χ4v) is 2.39. The molecule has 100 valence electrons. The van der Waals surface area contributed by atoms with Gasteiger partial charge in [0.1, 0.15) is 0 Å². The Hall–Kier alpha value is -0.380. The first-order chi connectivity index (χ1) is 8.33. The van der Waals surface area contributed by atoms with Crippen LogP contribution in [0, 0.1) is 0 Å². The summed E-state index contributed by atoms with van der Waals surface area (Å²) in [7, 11) is 1.99. The Labute approximate surface area is 106 Å². The van der Waals surface area contributed by atoms with Crippen molar-refractivity contribution < 1.29 is 9.47 Å². The predicted octanol–water partition coefficient (Wildman–Crippen LogP) is 2.86. The maximum absolute atomic E-state index is 5.70. The topological polar surface area (TPSA) is 30.5 Å². The highest BCUT2D eigenvalue weighted by Gasteiger charge is 2.24. The van der Waals surface area contributed by atoms with Gasteiger partial charge in [-0.3, -0.25) is 0 Å². The van der Waals surface area contributed by atoms with Crippen LogP contribution in [0.5, 0.6) is 0 Å². The van der Waals surface area contributed by atoms with E-state index in [1.807, 2.05) is 20.9 Å². The van der Waals surface area contributed by atoms with Crippen molar-refractivity contribution in [2.75, 3.05) is 20.3 Å². The van der Waals surface area contributed by atoms with E-state index in [1.165, 1.54) is 37.7 Å². The zero-order valence-corrected chi connectivity index (χ0v) is 11.5. The van der Waals surface area contributed by atoms with Crippen molar-refractivity contribution in [3.8, 4) is 0 Å². The molecule has 1 N–H and O–H groups in total. The van der Waals surface area contributed by atoms with Crippen LogP contribution in [-0.2, 0) is 9.47 Å². The summed E-state index contributed by atoms with van der Waals surface area (Å²) in [4.78, 5) is 0. The van der Waals surface area contributed by atoms with E-state index in [1.54, 1.807) is 0 Å². The fourth-order valence-electron chi connectivity index (χ4n) is 2.39. The van der Waals surface area contributed by atoms with E-state index in [2.05, 4.69) is 11.4 Å². The Balaban J connectivity index is 2.67. The largest absolute Gasteiger partial charge is 0.351 e. The molecule has 0 aromatic carbocycles. The minimum absolute atomic E-state index is 0.153. The van der Waals surface area contributed by atoms with Crippen molar-refractivity contribution in [1.29, 1.82) is 0 Å². The number of hydrogen-bond acceptors (Lipinski definition) is 3. The van der Waals surface area contributed by atoms with E-state index < -0.39 is 0 Å². The molecule has 1 rings (SSSR count). The number of hydrogen-bond donors (Lipinski definition) is 1. The van der Waals surface area contributed by atoms with Crippen molar-refractivity contribution in [1.82, 2.24) is 5.32 Å². The molecule has 0 aromatic heterocycles. The molecule has 0 saturated carbocycles. The number of ether oxygens (including phenoxy) is 2. The minimum Gasteiger partial charge on any atom is -0.351 e. The summed E-state index contributed by atoms with van der Waals surface area (Å²) < 4.78 is 11.4. The number of likely N-dealkylation sites (N-methyl/N-ethyl adjacent to an activating group) is 1. The smallest absolute Gasteiger partial charge is 0.176 e. The molecule has 17 heavy (non-hydrogen) atoms. The van der Waals surface area contributed by atoms with Gasteiger partial charge in [0, 0.05) is 13.2 Å². The van der Waals surface area contributed by atoms with E-state index >= 15 is 0 Å². The van der Waals surface area contributed by atoms with Gasteiger partial charge in [0.05, 0.1) is 6.04 Å². The molecule has 0 bridgehead atoms. The summed E-state index contributed by atoms with van der Waals surface area (Å²) in [6.07, 6.45) is 8.52. The lowest BCUT2D eigenvalue weighted by atomic mass is 10.0. The van der Waals surface area contributed by atoms with Crippen molar-refractivity contribution in [3.05, 3.63) is 11.6 Å². The molecule has 0 radical (unpaired) electrons. The molecule has 1 aliphatic carbocycles. The molecule has 0 fully saturated rings. The van der Waals surface area contributed by atoms with Crippen molar-refractivity contribution in [2.24, 2.45) is 0 Å². The van der Waals surface area contributed by atoms with Gasteiger partial charge in [-0.2, -0.15) is 0 Å². The van der Waals surface area contributed by atoms with Crippen molar-refractivity contribution >= 4 is 0 Å². The molecular weight excluding hydrogens is 214 g/mol. The van der Waals surface area contributed by atoms with E-state index in [-0.39, 0.29) is 12.3 Å². The summed E-state index contributed by atoms with van der Waals surface area (Å²) in [6.45, 7) is 5.41. The Morgan fingerprint density at radius 2 is 1.88 bits per heavy atom. The average molecular weight is 241 g/mol. The first kappa shape index (κ1) is 14.7. The van der Waals surface area contributed by atoms with Crippen LogP contribution in [0.3, 0.4) is 0 Å². The second-order valence-electron chi connectivity index (χ2n) is 4.42. The van der Waals surface area contributed by atoms with Crippen LogP contribution >= 0.6 is 0 Å². The third-order valence-electron chi connectivity index (χ3n) is 3.22. The lowest BCUT2D eigenvalue weighted by Crippen LogP contribution is -2.42. The van der Waals surface area contributed by atoms with Gasteiger partial charge in [-0.15, -0.1) is 0 Å². The standard InChI is InChI=1S/C14H27NO2/c1-4-16-14(17-5-2)13(15-3)12-10-8-6-7-9-11-12/h10,13-15H,4-9,11H2,1-3H3. The second-order valence-corrected chi connectivity index (χ2v) is 4.42. The molecule has 0 aliphatic heterocycles. The van der Waals surface area contributed by atoms with Gasteiger partial charge < -0.3 is 14.8 Å². The quantitative estimate of drug-likeness (QED) is 0.549. The van der Waals surface area contributed by atoms with Crippen molar-refractivity contribution in [3.63, 3.8) is 0 Å². The maximum atomic E-state index is 5.70. The van der Waals surface area contributed by atoms with Crippen LogP contribution in [0.4, 0.5) is 0 Å². The average Bonchev–Trinajstić information content (AvgIpc) is 2.60. The summed E-state index contributed by atoms with van der Waals surface area (Å²) in [5, 5.41) is 3.35. The van der Waals surface area contributed by atoms with Crippen LogP contribution in [-0.4, -0.2) is 32.6 Å². The van der Waals surface area contributed by atoms with Gasteiger partial charge >= 0.3 is 0 Å². The Morgan fingerprint density at radius 1 is 1.18 bits per heavy atom. The Bertz CT molecular complexity index is 222. The summed E-state index contributed by atoms with van der Waals surface area (Å²) in [6, 6.07) is 0.202. The van der Waals surface area contributed by atoms with E-state index in [4.69, 9.17) is 9.47 Å². The maximum Gasteiger partial charge on any atom is 0.176 e. The van der Waals surface area contributed by atoms with Crippen LogP contribution in [0.2, 0.25) is 0 Å². The third-order valence-corrected chi connectivity index (χ3v) is 3.22. The zero-order chi connectivity index (χ0) is 12.5. The van der Waals surface area contributed by atoms with Gasteiger partial charge in [0.15, 0.2) is 6.29 Å². The first-order valence-electron chi connectivity index (χ1n) is 6.92. The molecule has 0 aromatic rings. The summed E-state index contributed by atoms with van der Waals surface area (Å²) >= 11 is 0. The number of rotatable bonds is 7. The van der Waals surface area contributed by atoms with Crippen LogP contribution in [0.1, 0.15) is 46.0 Å². The third kappa shape index (κ3) is 4.78. The van der Waals surface area contributed by atoms with E-state index in [9.17, 15) is 0 Å². The van der Waals surface area contributed by atoms with Gasteiger partial charge in [-0.1, -0.05) is 18.1 Å². The highest BCUT2D eigenvalue weighted by atomic mass is 16.7. The van der Waals surface area contributed by atoms with Gasteiger partial charge in [0.2, 0.25) is 0 Å². The molecule has 1 unspecified atom stereocenters. The second kappa shape index (κ2) is 8.67. The van der Waals surface area contributed by atoms with E-state index in [0.29, 0.717) is 13.2 Å². The normalized spacial score (nSPS) is 18.9. The highest BCUT2D eigenvalue weighted by molar-refractivity contribution is 5.13. The predicted molar refractivity (Wildman–Crippen MR) is 71.1 cm³/mol. The zero-order valence-electron chi connectivity index (χ0n) is 11.5. The molecule has 0 saturated heterocycles. The van der Waals surface area contributed by atoms with Crippen LogP contribution in [0.15, 0.2) is 11.6 Å². The molecular formula is C14H27NO2. The molecule has 0 spiro atoms. The van der Waals surface area contributed by atoms with Crippen molar-refractivity contribution in [2.45, 2.75) is 58.3 Å². The first-order valence-corrected chi connectivity index (χ1v) is 6.92. The van der Waals surface area contributed by atoms with Crippen LogP contribution < -0.4 is 5.32 Å². The molecule has 3 heteroatoms. The summed E-state index contributed by atoms with van der Waals surface area (Å²) in [5.41, 5.74) is 1.46. The molecule has 1 atom stereocenters. The monoisotopic (exact) mass is 241 g/mol. The Morgan fingerprint density at radius 3 is 2.47 bits per heavy atom. The fraction of sp³-hybridized carbons (Fsp3) is 0.857. The molecule has 0 heterocycles. The van der Waals surface area contributed by atoms with Gasteiger partial charge in [0.25, 0.3) is 0 Å². The van der Waals surface area contributed by atoms with Crippen LogP contribution in [0.25, 0.3) is 0 Å². The lowest BCUT2D eigenvalue weighted by molar-refractivity contribution is -0.147.